The number of hydrogen-bond donors (Lipinski definition) is 4. The van der Waals surface area contributed by atoms with E-state index in [4.69, 9.17) is 0 Å². The van der Waals surface area contributed by atoms with E-state index >= 15 is 0 Å². The molecule has 3 fully saturated rings. The lowest BCUT2D eigenvalue weighted by Gasteiger charge is -2.35. The van der Waals surface area contributed by atoms with Crippen LogP contribution in [-0.2, 0) is 9.59 Å². The van der Waals surface area contributed by atoms with E-state index < -0.39 is 0 Å². The molecule has 2 saturated heterocycles. The van der Waals surface area contributed by atoms with Crippen molar-refractivity contribution >= 4 is 17.5 Å². The van der Waals surface area contributed by atoms with E-state index in [9.17, 15) is 9.59 Å². The van der Waals surface area contributed by atoms with Crippen molar-refractivity contribution in [1.29, 1.82) is 0 Å². The Morgan fingerprint density at radius 1 is 1.07 bits per heavy atom. The molecule has 3 atom stereocenters. The smallest absolute Gasteiger partial charge is 0.238 e. The third-order valence-electron chi connectivity index (χ3n) is 6.36. The SMILES string of the molecule is O=C(CN1CCC(NC(=O)C2CCCC3CNNC32)CC1)Nc1ccccc1. The molecule has 152 valence electrons. The van der Waals surface area contributed by atoms with Gasteiger partial charge in [0.15, 0.2) is 0 Å². The molecular formula is C21H31N5O2. The number of nitrogens with one attached hydrogen (secondary N) is 4. The van der Waals surface area contributed by atoms with E-state index in [2.05, 4.69) is 26.4 Å². The molecule has 7 nitrogen and oxygen atoms in total. The largest absolute Gasteiger partial charge is 0.353 e. The molecule has 4 N–H and O–H groups in total. The summed E-state index contributed by atoms with van der Waals surface area (Å²) in [5.74, 6) is 0.866. The minimum absolute atomic E-state index is 0.0155. The summed E-state index contributed by atoms with van der Waals surface area (Å²) in [5.41, 5.74) is 7.36. The van der Waals surface area contributed by atoms with Crippen molar-refractivity contribution < 1.29 is 9.59 Å². The van der Waals surface area contributed by atoms with Crippen LogP contribution < -0.4 is 21.5 Å². The van der Waals surface area contributed by atoms with Gasteiger partial charge in [0.1, 0.15) is 0 Å². The van der Waals surface area contributed by atoms with Crippen molar-refractivity contribution in [3.63, 3.8) is 0 Å². The Bertz CT molecular complexity index is 675. The van der Waals surface area contributed by atoms with Crippen LogP contribution >= 0.6 is 0 Å². The maximum absolute atomic E-state index is 12.8. The summed E-state index contributed by atoms with van der Waals surface area (Å²) >= 11 is 0. The lowest BCUT2D eigenvalue weighted by atomic mass is 9.77. The number of nitrogens with zero attached hydrogens (tertiary/aromatic N) is 1. The first-order chi connectivity index (χ1) is 13.7. The van der Waals surface area contributed by atoms with Gasteiger partial charge >= 0.3 is 0 Å². The number of carbonyl (C=O) groups is 2. The molecule has 2 aliphatic heterocycles. The third kappa shape index (κ3) is 4.71. The van der Waals surface area contributed by atoms with Crippen LogP contribution in [0.5, 0.6) is 0 Å². The Kier molecular flexibility index (Phi) is 6.24. The molecule has 1 aromatic carbocycles. The fourth-order valence-electron chi connectivity index (χ4n) is 4.81. The van der Waals surface area contributed by atoms with Gasteiger partial charge < -0.3 is 10.6 Å². The molecular weight excluding hydrogens is 354 g/mol. The number of rotatable bonds is 5. The second-order valence-electron chi connectivity index (χ2n) is 8.32. The molecule has 0 bridgehead atoms. The number of fused-ring (bicyclic) bond motifs is 1. The summed E-state index contributed by atoms with van der Waals surface area (Å²) < 4.78 is 0. The monoisotopic (exact) mass is 385 g/mol. The zero-order chi connectivity index (χ0) is 19.3. The van der Waals surface area contributed by atoms with Gasteiger partial charge in [0, 0.05) is 37.4 Å². The quantitative estimate of drug-likeness (QED) is 0.610. The Hall–Kier alpha value is -1.96. The minimum atomic E-state index is 0.0155. The highest BCUT2D eigenvalue weighted by molar-refractivity contribution is 5.92. The van der Waals surface area contributed by atoms with Crippen LogP contribution in [0.1, 0.15) is 32.1 Å². The predicted octanol–water partition coefficient (Wildman–Crippen LogP) is 1.10. The summed E-state index contributed by atoms with van der Waals surface area (Å²) in [6.07, 6.45) is 5.11. The average Bonchev–Trinajstić information content (AvgIpc) is 3.19. The van der Waals surface area contributed by atoms with Crippen LogP contribution in [0.15, 0.2) is 30.3 Å². The standard InChI is InChI=1S/C21H31N5O2/c27-19(23-16-6-2-1-3-7-16)14-26-11-9-17(10-12-26)24-21(28)18-8-4-5-15-13-22-25-20(15)18/h1-3,6-7,15,17-18,20,22,25H,4-5,8-14H2,(H,23,27)(H,24,28). The summed E-state index contributed by atoms with van der Waals surface area (Å²) in [6.45, 7) is 3.04. The molecule has 3 aliphatic rings. The highest BCUT2D eigenvalue weighted by Gasteiger charge is 2.40. The van der Waals surface area contributed by atoms with Gasteiger partial charge in [0.2, 0.25) is 11.8 Å². The van der Waals surface area contributed by atoms with Crippen molar-refractivity contribution in [2.45, 2.75) is 44.2 Å². The average molecular weight is 386 g/mol. The van der Waals surface area contributed by atoms with Gasteiger partial charge in [0.05, 0.1) is 12.5 Å². The fraction of sp³-hybridized carbons (Fsp3) is 0.619. The van der Waals surface area contributed by atoms with E-state index in [1.165, 1.54) is 6.42 Å². The zero-order valence-electron chi connectivity index (χ0n) is 16.3. The number of carbonyl (C=O) groups excluding carboxylic acids is 2. The van der Waals surface area contributed by atoms with E-state index in [-0.39, 0.29) is 29.8 Å². The summed E-state index contributed by atoms with van der Waals surface area (Å²) in [7, 11) is 0. The molecule has 3 unspecified atom stereocenters. The van der Waals surface area contributed by atoms with Crippen molar-refractivity contribution in [3.8, 4) is 0 Å². The van der Waals surface area contributed by atoms with Crippen LogP contribution in [0.3, 0.4) is 0 Å². The number of hydrogen-bond acceptors (Lipinski definition) is 5. The van der Waals surface area contributed by atoms with Gasteiger partial charge in [-0.2, -0.15) is 0 Å². The van der Waals surface area contributed by atoms with Gasteiger partial charge in [-0.3, -0.25) is 25.3 Å². The Morgan fingerprint density at radius 2 is 1.86 bits per heavy atom. The number of likely N-dealkylation sites (tertiary alicyclic amines) is 1. The van der Waals surface area contributed by atoms with Crippen LogP contribution in [0.2, 0.25) is 0 Å². The number of hydrazine groups is 1. The molecule has 0 spiro atoms. The highest BCUT2D eigenvalue weighted by atomic mass is 16.2. The van der Waals surface area contributed by atoms with Gasteiger partial charge in [-0.1, -0.05) is 24.6 Å². The maximum atomic E-state index is 12.8. The molecule has 4 rings (SSSR count). The Labute approximate surface area is 166 Å². The molecule has 1 saturated carbocycles. The van der Waals surface area contributed by atoms with E-state index in [0.29, 0.717) is 12.5 Å². The Morgan fingerprint density at radius 3 is 2.64 bits per heavy atom. The van der Waals surface area contributed by atoms with Crippen molar-refractivity contribution in [2.75, 3.05) is 31.5 Å². The summed E-state index contributed by atoms with van der Waals surface area (Å²) in [4.78, 5) is 27.2. The van der Waals surface area contributed by atoms with E-state index in [1.807, 2.05) is 30.3 Å². The van der Waals surface area contributed by atoms with E-state index in [1.54, 1.807) is 0 Å². The second kappa shape index (κ2) is 9.03. The number of benzene rings is 1. The maximum Gasteiger partial charge on any atom is 0.238 e. The van der Waals surface area contributed by atoms with Gasteiger partial charge in [-0.05, 0) is 43.7 Å². The summed E-state index contributed by atoms with van der Waals surface area (Å²) in [6, 6.07) is 10.0. The first kappa shape index (κ1) is 19.4. The van der Waals surface area contributed by atoms with Gasteiger partial charge in [-0.25, -0.2) is 0 Å². The van der Waals surface area contributed by atoms with Crippen molar-refractivity contribution in [1.82, 2.24) is 21.1 Å². The fourth-order valence-corrected chi connectivity index (χ4v) is 4.81. The Balaban J connectivity index is 1.20. The van der Waals surface area contributed by atoms with Crippen molar-refractivity contribution in [3.05, 3.63) is 30.3 Å². The first-order valence-corrected chi connectivity index (χ1v) is 10.5. The van der Waals surface area contributed by atoms with Gasteiger partial charge in [-0.15, -0.1) is 0 Å². The third-order valence-corrected chi connectivity index (χ3v) is 6.36. The van der Waals surface area contributed by atoms with Crippen LogP contribution in [-0.4, -0.2) is 55.0 Å². The van der Waals surface area contributed by atoms with Gasteiger partial charge in [0.25, 0.3) is 0 Å². The number of piperidine rings is 1. The van der Waals surface area contributed by atoms with Crippen LogP contribution in [0.4, 0.5) is 5.69 Å². The summed E-state index contributed by atoms with van der Waals surface area (Å²) in [5, 5.41) is 6.21. The second-order valence-corrected chi connectivity index (χ2v) is 8.32. The lowest BCUT2D eigenvalue weighted by Crippen LogP contribution is -2.52. The molecule has 7 heteroatoms. The van der Waals surface area contributed by atoms with E-state index in [0.717, 1.165) is 51.0 Å². The predicted molar refractivity (Wildman–Crippen MR) is 108 cm³/mol. The topological polar surface area (TPSA) is 85.5 Å². The molecule has 1 aliphatic carbocycles. The molecule has 28 heavy (non-hydrogen) atoms. The number of anilines is 1. The molecule has 1 aromatic rings. The molecule has 0 radical (unpaired) electrons. The van der Waals surface area contributed by atoms with Crippen LogP contribution in [0, 0.1) is 11.8 Å². The minimum Gasteiger partial charge on any atom is -0.353 e. The van der Waals surface area contributed by atoms with Crippen LogP contribution in [0.25, 0.3) is 0 Å². The van der Waals surface area contributed by atoms with Crippen molar-refractivity contribution in [2.24, 2.45) is 11.8 Å². The number of para-hydroxylation sites is 1. The highest BCUT2D eigenvalue weighted by Crippen LogP contribution is 2.31. The zero-order valence-corrected chi connectivity index (χ0v) is 16.3. The normalized spacial score (nSPS) is 28.5. The lowest BCUT2D eigenvalue weighted by molar-refractivity contribution is -0.128. The number of amides is 2. The first-order valence-electron chi connectivity index (χ1n) is 10.5. The molecule has 2 heterocycles. The molecule has 2 amide bonds. The molecule has 0 aromatic heterocycles.